The number of carbonyl (C=O) groups excluding carboxylic acids is 2. The molecule has 0 aliphatic carbocycles. The second kappa shape index (κ2) is 5.83. The van der Waals surface area contributed by atoms with Gasteiger partial charge in [-0.15, -0.1) is 0 Å². The summed E-state index contributed by atoms with van der Waals surface area (Å²) >= 11 is 0. The van der Waals surface area contributed by atoms with Crippen molar-refractivity contribution in [1.82, 2.24) is 25.5 Å². The lowest BCUT2D eigenvalue weighted by molar-refractivity contribution is -0.124. The van der Waals surface area contributed by atoms with Crippen LogP contribution in [0.3, 0.4) is 0 Å². The summed E-state index contributed by atoms with van der Waals surface area (Å²) in [6, 6.07) is 5.23. The fraction of sp³-hybridized carbons (Fsp3) is 0.222. The molecule has 2 aliphatic heterocycles. The normalized spacial score (nSPS) is 21.4. The molecule has 0 spiro atoms. The number of imide groups is 1. The molecule has 1 fully saturated rings. The lowest BCUT2D eigenvalue weighted by Crippen LogP contribution is -2.52. The Kier molecular flexibility index (Phi) is 3.61. The highest BCUT2D eigenvalue weighted by Gasteiger charge is 2.51. The van der Waals surface area contributed by atoms with Crippen molar-refractivity contribution in [3.05, 3.63) is 60.2 Å². The van der Waals surface area contributed by atoms with Crippen molar-refractivity contribution in [3.8, 4) is 5.75 Å². The maximum Gasteiger partial charge on any atom is 0.322 e. The Balaban J connectivity index is 1.69. The molecule has 2 aromatic rings. The fourth-order valence-electron chi connectivity index (χ4n) is 3.38. The van der Waals surface area contributed by atoms with E-state index in [9.17, 15) is 9.59 Å². The number of aromatic nitrogens is 2. The second-order valence-corrected chi connectivity index (χ2v) is 6.23. The van der Waals surface area contributed by atoms with Crippen molar-refractivity contribution < 1.29 is 14.3 Å². The molecule has 2 aliphatic rings. The summed E-state index contributed by atoms with van der Waals surface area (Å²) in [5, 5.41) is 5.02. The number of carbonyl (C=O) groups is 2. The maximum atomic E-state index is 12.6. The van der Waals surface area contributed by atoms with Crippen molar-refractivity contribution in [2.45, 2.75) is 12.1 Å². The molecule has 1 atom stereocenters. The van der Waals surface area contributed by atoms with E-state index in [1.165, 1.54) is 18.6 Å². The van der Waals surface area contributed by atoms with E-state index in [0.717, 1.165) is 22.6 Å². The summed E-state index contributed by atoms with van der Waals surface area (Å²) in [6.45, 7) is 4.92. The van der Waals surface area contributed by atoms with Crippen molar-refractivity contribution in [3.63, 3.8) is 0 Å². The number of benzene rings is 1. The fourth-order valence-corrected chi connectivity index (χ4v) is 3.38. The minimum absolute atomic E-state index is 0.194. The summed E-state index contributed by atoms with van der Waals surface area (Å²) in [7, 11) is 1.61. The van der Waals surface area contributed by atoms with Gasteiger partial charge in [0.1, 0.15) is 5.75 Å². The van der Waals surface area contributed by atoms with E-state index in [-0.39, 0.29) is 6.54 Å². The van der Waals surface area contributed by atoms with Crippen LogP contribution in [0.5, 0.6) is 5.75 Å². The third-order valence-electron chi connectivity index (χ3n) is 4.74. The minimum atomic E-state index is -1.32. The van der Waals surface area contributed by atoms with Crippen LogP contribution in [0, 0.1) is 0 Å². The standard InChI is InChI=1S/C18H17N5O3/c1-11-14-7-13(26-2)4-3-12(14)9-23(11)10-18(15-8-19-5-6-20-15)16(24)21-17(25)22-18/h3-8H,1,9-10H2,2H3,(H2,21,22,24,25). The number of nitrogens with one attached hydrogen (secondary N) is 2. The van der Waals surface area contributed by atoms with Crippen LogP contribution in [0.1, 0.15) is 16.8 Å². The van der Waals surface area contributed by atoms with Crippen LogP contribution in [0.4, 0.5) is 4.79 Å². The van der Waals surface area contributed by atoms with Crippen LogP contribution in [-0.4, -0.2) is 40.5 Å². The lowest BCUT2D eigenvalue weighted by atomic mass is 9.94. The zero-order valence-corrected chi connectivity index (χ0v) is 14.2. The van der Waals surface area contributed by atoms with Crippen molar-refractivity contribution in [2.75, 3.05) is 13.7 Å². The van der Waals surface area contributed by atoms with Crippen LogP contribution in [0.2, 0.25) is 0 Å². The molecular weight excluding hydrogens is 334 g/mol. The molecule has 26 heavy (non-hydrogen) atoms. The maximum absolute atomic E-state index is 12.6. The molecule has 1 aromatic carbocycles. The molecule has 0 bridgehead atoms. The number of ether oxygens (including phenoxy) is 1. The summed E-state index contributed by atoms with van der Waals surface area (Å²) in [6.07, 6.45) is 4.50. The topological polar surface area (TPSA) is 96.4 Å². The van der Waals surface area contributed by atoms with Gasteiger partial charge in [-0.25, -0.2) is 4.79 Å². The van der Waals surface area contributed by atoms with Gasteiger partial charge in [0.25, 0.3) is 5.91 Å². The predicted octanol–water partition coefficient (Wildman–Crippen LogP) is 1.01. The zero-order valence-electron chi connectivity index (χ0n) is 14.2. The SMILES string of the molecule is C=C1c2cc(OC)ccc2CN1CC1(c2cnccn2)NC(=O)NC1=O. The quantitative estimate of drug-likeness (QED) is 0.798. The van der Waals surface area contributed by atoms with E-state index in [4.69, 9.17) is 4.74 Å². The lowest BCUT2D eigenvalue weighted by Gasteiger charge is -2.31. The molecular formula is C18H17N5O3. The summed E-state index contributed by atoms with van der Waals surface area (Å²) < 4.78 is 5.28. The van der Waals surface area contributed by atoms with Crippen LogP contribution in [0.15, 0.2) is 43.4 Å². The van der Waals surface area contributed by atoms with Gasteiger partial charge in [0.15, 0.2) is 5.54 Å². The monoisotopic (exact) mass is 351 g/mol. The number of fused-ring (bicyclic) bond motifs is 1. The van der Waals surface area contributed by atoms with Gasteiger partial charge < -0.3 is 15.0 Å². The summed E-state index contributed by atoms with van der Waals surface area (Å²) in [4.78, 5) is 34.7. The molecule has 0 saturated carbocycles. The van der Waals surface area contributed by atoms with Crippen LogP contribution in [-0.2, 0) is 16.9 Å². The number of nitrogens with zero attached hydrogens (tertiary/aromatic N) is 3. The van der Waals surface area contributed by atoms with E-state index < -0.39 is 17.5 Å². The zero-order chi connectivity index (χ0) is 18.3. The van der Waals surface area contributed by atoms with Gasteiger partial charge in [0, 0.05) is 30.2 Å². The first kappa shape index (κ1) is 16.1. The number of rotatable bonds is 4. The average Bonchev–Trinajstić information content (AvgIpc) is 3.12. The van der Waals surface area contributed by atoms with Gasteiger partial charge in [0.2, 0.25) is 0 Å². The van der Waals surface area contributed by atoms with Crippen molar-refractivity contribution in [1.29, 1.82) is 0 Å². The predicted molar refractivity (Wildman–Crippen MR) is 92.8 cm³/mol. The Morgan fingerprint density at radius 3 is 2.85 bits per heavy atom. The highest BCUT2D eigenvalue weighted by atomic mass is 16.5. The number of hydrogen-bond acceptors (Lipinski definition) is 6. The van der Waals surface area contributed by atoms with Crippen LogP contribution >= 0.6 is 0 Å². The molecule has 3 amide bonds. The Labute approximate surface area is 149 Å². The molecule has 0 radical (unpaired) electrons. The number of methoxy groups -OCH3 is 1. The smallest absolute Gasteiger partial charge is 0.322 e. The van der Waals surface area contributed by atoms with E-state index in [1.54, 1.807) is 7.11 Å². The molecule has 4 rings (SSSR count). The Morgan fingerprint density at radius 2 is 2.19 bits per heavy atom. The van der Waals surface area contributed by atoms with Crippen molar-refractivity contribution in [2.24, 2.45) is 0 Å². The third-order valence-corrected chi connectivity index (χ3v) is 4.74. The van der Waals surface area contributed by atoms with Gasteiger partial charge in [-0.2, -0.15) is 0 Å². The van der Waals surface area contributed by atoms with Gasteiger partial charge >= 0.3 is 6.03 Å². The van der Waals surface area contributed by atoms with E-state index in [1.807, 2.05) is 23.1 Å². The van der Waals surface area contributed by atoms with Gasteiger partial charge in [-0.3, -0.25) is 20.1 Å². The Morgan fingerprint density at radius 1 is 1.35 bits per heavy atom. The van der Waals surface area contributed by atoms with Crippen LogP contribution in [0.25, 0.3) is 5.70 Å². The summed E-state index contributed by atoms with van der Waals surface area (Å²) in [5.74, 6) is 0.284. The molecule has 8 nitrogen and oxygen atoms in total. The molecule has 3 heterocycles. The Hall–Kier alpha value is -3.42. The molecule has 2 N–H and O–H groups in total. The Bertz CT molecular complexity index is 914. The minimum Gasteiger partial charge on any atom is -0.497 e. The van der Waals surface area contributed by atoms with Gasteiger partial charge in [0.05, 0.1) is 25.5 Å². The van der Waals surface area contributed by atoms with Crippen molar-refractivity contribution >= 4 is 17.6 Å². The average molecular weight is 351 g/mol. The first-order valence-corrected chi connectivity index (χ1v) is 8.05. The highest BCUT2D eigenvalue weighted by molar-refractivity contribution is 6.07. The first-order chi connectivity index (χ1) is 12.5. The summed E-state index contributed by atoms with van der Waals surface area (Å²) in [5.41, 5.74) is 1.86. The first-order valence-electron chi connectivity index (χ1n) is 8.05. The van der Waals surface area contributed by atoms with E-state index >= 15 is 0 Å². The second-order valence-electron chi connectivity index (χ2n) is 6.23. The van der Waals surface area contributed by atoms with Gasteiger partial charge in [-0.05, 0) is 17.7 Å². The number of amides is 3. The molecule has 132 valence electrons. The third kappa shape index (κ3) is 2.38. The largest absolute Gasteiger partial charge is 0.497 e. The molecule has 8 heteroatoms. The molecule has 1 aromatic heterocycles. The molecule has 1 unspecified atom stereocenters. The highest BCUT2D eigenvalue weighted by Crippen LogP contribution is 2.37. The number of hydrogen-bond donors (Lipinski definition) is 2. The van der Waals surface area contributed by atoms with Crippen LogP contribution < -0.4 is 15.4 Å². The van der Waals surface area contributed by atoms with Gasteiger partial charge in [-0.1, -0.05) is 12.6 Å². The van der Waals surface area contributed by atoms with E-state index in [0.29, 0.717) is 12.2 Å². The van der Waals surface area contributed by atoms with E-state index in [2.05, 4.69) is 27.2 Å². The molecule has 1 saturated heterocycles. The number of urea groups is 1.